The van der Waals surface area contributed by atoms with Gasteiger partial charge in [-0.25, -0.2) is 8.42 Å². The third-order valence-electron chi connectivity index (χ3n) is 2.75. The van der Waals surface area contributed by atoms with Crippen molar-refractivity contribution in [3.05, 3.63) is 0 Å². The summed E-state index contributed by atoms with van der Waals surface area (Å²) < 4.78 is 31.1. The van der Waals surface area contributed by atoms with Crippen LogP contribution in [-0.4, -0.2) is 43.8 Å². The standard InChI is InChI=1S/C11H23NO3S/c1-9(2)7-15-8-11-5-6-12(10(3)4)16(11,13)14/h9-11H,5-8H2,1-4H3. The van der Waals surface area contributed by atoms with Crippen molar-refractivity contribution >= 4 is 10.0 Å². The van der Waals surface area contributed by atoms with Gasteiger partial charge < -0.3 is 4.74 Å². The van der Waals surface area contributed by atoms with Crippen LogP contribution in [0.25, 0.3) is 0 Å². The topological polar surface area (TPSA) is 46.6 Å². The summed E-state index contributed by atoms with van der Waals surface area (Å²) in [5.41, 5.74) is 0. The van der Waals surface area contributed by atoms with Crippen LogP contribution in [-0.2, 0) is 14.8 Å². The summed E-state index contributed by atoms with van der Waals surface area (Å²) in [6, 6.07) is 0.0556. The summed E-state index contributed by atoms with van der Waals surface area (Å²) in [5.74, 6) is 0.449. The fraction of sp³-hybridized carbons (Fsp3) is 1.00. The van der Waals surface area contributed by atoms with Gasteiger partial charge in [-0.2, -0.15) is 4.31 Å². The molecule has 0 saturated carbocycles. The van der Waals surface area contributed by atoms with Gasteiger partial charge in [0.05, 0.1) is 6.61 Å². The minimum Gasteiger partial charge on any atom is -0.380 e. The Balaban J connectivity index is 2.52. The first-order valence-electron chi connectivity index (χ1n) is 5.94. The molecular formula is C11H23NO3S. The average molecular weight is 249 g/mol. The predicted molar refractivity (Wildman–Crippen MR) is 64.8 cm³/mol. The highest BCUT2D eigenvalue weighted by atomic mass is 32.2. The minimum atomic E-state index is -3.12. The van der Waals surface area contributed by atoms with Crippen molar-refractivity contribution in [2.75, 3.05) is 19.8 Å². The van der Waals surface area contributed by atoms with E-state index < -0.39 is 10.0 Å². The maximum absolute atomic E-state index is 12.1. The zero-order valence-corrected chi connectivity index (χ0v) is 11.5. The molecule has 1 aliphatic heterocycles. The molecule has 0 bridgehead atoms. The molecule has 1 saturated heterocycles. The van der Waals surface area contributed by atoms with Crippen LogP contribution in [0.3, 0.4) is 0 Å². The molecule has 5 heteroatoms. The summed E-state index contributed by atoms with van der Waals surface area (Å²) in [6.45, 7) is 9.55. The van der Waals surface area contributed by atoms with Crippen LogP contribution < -0.4 is 0 Å². The quantitative estimate of drug-likeness (QED) is 0.741. The van der Waals surface area contributed by atoms with Crippen molar-refractivity contribution in [3.8, 4) is 0 Å². The van der Waals surface area contributed by atoms with Gasteiger partial charge in [0.1, 0.15) is 5.25 Å². The Morgan fingerprint density at radius 3 is 2.38 bits per heavy atom. The lowest BCUT2D eigenvalue weighted by Gasteiger charge is -2.20. The van der Waals surface area contributed by atoms with E-state index in [0.717, 1.165) is 0 Å². The van der Waals surface area contributed by atoms with Crippen LogP contribution >= 0.6 is 0 Å². The molecule has 0 aromatic carbocycles. The molecule has 0 aromatic rings. The second kappa shape index (κ2) is 5.47. The summed E-state index contributed by atoms with van der Waals surface area (Å²) in [5, 5.41) is -0.339. The summed E-state index contributed by atoms with van der Waals surface area (Å²) >= 11 is 0. The molecule has 1 fully saturated rings. The fourth-order valence-corrected chi connectivity index (χ4v) is 3.90. The molecule has 0 aliphatic carbocycles. The van der Waals surface area contributed by atoms with Crippen LogP contribution in [0, 0.1) is 5.92 Å². The van der Waals surface area contributed by atoms with Gasteiger partial charge in [0, 0.05) is 19.2 Å². The van der Waals surface area contributed by atoms with Crippen LogP contribution in [0.15, 0.2) is 0 Å². The SMILES string of the molecule is CC(C)COCC1CCN(C(C)C)S1(=O)=O. The molecule has 0 amide bonds. The number of hydrogen-bond acceptors (Lipinski definition) is 3. The molecule has 1 aliphatic rings. The maximum Gasteiger partial charge on any atom is 0.219 e. The molecule has 0 spiro atoms. The van der Waals surface area contributed by atoms with Gasteiger partial charge in [-0.3, -0.25) is 0 Å². The highest BCUT2D eigenvalue weighted by Crippen LogP contribution is 2.24. The normalized spacial score (nSPS) is 25.8. The molecule has 0 N–H and O–H groups in total. The van der Waals surface area contributed by atoms with Gasteiger partial charge in [-0.05, 0) is 26.2 Å². The molecule has 4 nitrogen and oxygen atoms in total. The highest BCUT2D eigenvalue weighted by molar-refractivity contribution is 7.90. The molecule has 16 heavy (non-hydrogen) atoms. The van der Waals surface area contributed by atoms with Crippen molar-refractivity contribution in [1.29, 1.82) is 0 Å². The van der Waals surface area contributed by atoms with Crippen molar-refractivity contribution in [2.24, 2.45) is 5.92 Å². The van der Waals surface area contributed by atoms with E-state index in [4.69, 9.17) is 4.74 Å². The van der Waals surface area contributed by atoms with Gasteiger partial charge in [0.2, 0.25) is 10.0 Å². The van der Waals surface area contributed by atoms with Gasteiger partial charge in [-0.15, -0.1) is 0 Å². The van der Waals surface area contributed by atoms with Gasteiger partial charge in [0.25, 0.3) is 0 Å². The zero-order valence-electron chi connectivity index (χ0n) is 10.6. The zero-order chi connectivity index (χ0) is 12.3. The number of nitrogens with zero attached hydrogens (tertiary/aromatic N) is 1. The lowest BCUT2D eigenvalue weighted by Crippen LogP contribution is -2.36. The van der Waals surface area contributed by atoms with Crippen LogP contribution in [0.5, 0.6) is 0 Å². The smallest absolute Gasteiger partial charge is 0.219 e. The first-order valence-corrected chi connectivity index (χ1v) is 7.44. The van der Waals surface area contributed by atoms with E-state index >= 15 is 0 Å². The highest BCUT2D eigenvalue weighted by Gasteiger charge is 2.39. The Morgan fingerprint density at radius 2 is 1.94 bits per heavy atom. The number of hydrogen-bond donors (Lipinski definition) is 0. The largest absolute Gasteiger partial charge is 0.380 e. The Kier molecular flexibility index (Phi) is 4.76. The second-order valence-corrected chi connectivity index (χ2v) is 7.26. The summed E-state index contributed by atoms with van der Waals surface area (Å²) in [4.78, 5) is 0. The first kappa shape index (κ1) is 13.9. The van der Waals surface area contributed by atoms with Gasteiger partial charge in [-0.1, -0.05) is 13.8 Å². The van der Waals surface area contributed by atoms with E-state index in [1.54, 1.807) is 4.31 Å². The Morgan fingerprint density at radius 1 is 1.31 bits per heavy atom. The van der Waals surface area contributed by atoms with E-state index in [1.807, 2.05) is 13.8 Å². The number of rotatable bonds is 5. The summed E-state index contributed by atoms with van der Waals surface area (Å²) in [7, 11) is -3.12. The van der Waals surface area contributed by atoms with Crippen molar-refractivity contribution in [2.45, 2.75) is 45.4 Å². The first-order chi connectivity index (χ1) is 7.35. The molecule has 0 aromatic heterocycles. The van der Waals surface area contributed by atoms with Crippen molar-refractivity contribution in [3.63, 3.8) is 0 Å². The predicted octanol–water partition coefficient (Wildman–Crippen LogP) is 1.47. The van der Waals surface area contributed by atoms with E-state index in [-0.39, 0.29) is 11.3 Å². The molecule has 1 heterocycles. The lowest BCUT2D eigenvalue weighted by atomic mass is 10.2. The van der Waals surface area contributed by atoms with E-state index in [1.165, 1.54) is 0 Å². The summed E-state index contributed by atoms with van der Waals surface area (Å²) in [6.07, 6.45) is 0.693. The third-order valence-corrected chi connectivity index (χ3v) is 5.22. The Bertz CT molecular complexity index is 311. The van der Waals surface area contributed by atoms with E-state index in [2.05, 4.69) is 13.8 Å². The van der Waals surface area contributed by atoms with Crippen molar-refractivity contribution < 1.29 is 13.2 Å². The van der Waals surface area contributed by atoms with Crippen LogP contribution in [0.4, 0.5) is 0 Å². The third kappa shape index (κ3) is 3.18. The molecule has 1 rings (SSSR count). The average Bonchev–Trinajstić information content (AvgIpc) is 2.41. The van der Waals surface area contributed by atoms with Crippen molar-refractivity contribution in [1.82, 2.24) is 4.31 Å². The number of sulfonamides is 1. The molecule has 1 unspecified atom stereocenters. The van der Waals surface area contributed by atoms with E-state index in [0.29, 0.717) is 32.1 Å². The Hall–Kier alpha value is -0.130. The molecular weight excluding hydrogens is 226 g/mol. The molecule has 0 radical (unpaired) electrons. The Labute approximate surface area is 99.0 Å². The van der Waals surface area contributed by atoms with Gasteiger partial charge >= 0.3 is 0 Å². The van der Waals surface area contributed by atoms with Gasteiger partial charge in [0.15, 0.2) is 0 Å². The number of ether oxygens (including phenoxy) is 1. The fourth-order valence-electron chi connectivity index (χ4n) is 1.90. The monoisotopic (exact) mass is 249 g/mol. The minimum absolute atomic E-state index is 0.0556. The van der Waals surface area contributed by atoms with E-state index in [9.17, 15) is 8.42 Å². The van der Waals surface area contributed by atoms with Crippen LogP contribution in [0.2, 0.25) is 0 Å². The molecule has 1 atom stereocenters. The van der Waals surface area contributed by atoms with Crippen LogP contribution in [0.1, 0.15) is 34.1 Å². The second-order valence-electron chi connectivity index (χ2n) is 5.09. The molecule has 96 valence electrons. The lowest BCUT2D eigenvalue weighted by molar-refractivity contribution is 0.110. The maximum atomic E-state index is 12.1.